The predicted octanol–water partition coefficient (Wildman–Crippen LogP) is 2.15. The van der Waals surface area contributed by atoms with Gasteiger partial charge in [-0.3, -0.25) is 4.79 Å². The summed E-state index contributed by atoms with van der Waals surface area (Å²) >= 11 is 0. The van der Waals surface area contributed by atoms with Crippen LogP contribution in [-0.2, 0) is 4.79 Å². The smallest absolute Gasteiger partial charge is 0.228 e. The summed E-state index contributed by atoms with van der Waals surface area (Å²) in [5.41, 5.74) is 5.99. The summed E-state index contributed by atoms with van der Waals surface area (Å²) in [5, 5.41) is 0. The Balaban J connectivity index is 2.04. The highest BCUT2D eigenvalue weighted by molar-refractivity contribution is 5.83. The maximum atomic E-state index is 12.7. The van der Waals surface area contributed by atoms with Gasteiger partial charge in [0.15, 0.2) is 0 Å². The predicted molar refractivity (Wildman–Crippen MR) is 69.5 cm³/mol. The molecule has 3 nitrogen and oxygen atoms in total. The number of piperidine rings is 1. The summed E-state index contributed by atoms with van der Waals surface area (Å²) in [5.74, 6) is 0.860. The molecular weight excluding hydrogens is 212 g/mol. The average Bonchev–Trinajstić information content (AvgIpc) is 2.81. The van der Waals surface area contributed by atoms with Crippen molar-refractivity contribution in [2.24, 2.45) is 17.1 Å². The molecule has 2 unspecified atom stereocenters. The molecule has 2 N–H and O–H groups in total. The van der Waals surface area contributed by atoms with Gasteiger partial charge in [-0.25, -0.2) is 0 Å². The van der Waals surface area contributed by atoms with Gasteiger partial charge in [0.2, 0.25) is 5.91 Å². The fraction of sp³-hybridized carbons (Fsp3) is 0.929. The number of rotatable bonds is 2. The Kier molecular flexibility index (Phi) is 3.76. The Morgan fingerprint density at radius 2 is 2.06 bits per heavy atom. The zero-order chi connectivity index (χ0) is 12.5. The molecule has 2 aliphatic rings. The van der Waals surface area contributed by atoms with E-state index in [4.69, 9.17) is 5.73 Å². The van der Waals surface area contributed by atoms with Gasteiger partial charge in [0.05, 0.1) is 0 Å². The molecule has 98 valence electrons. The van der Waals surface area contributed by atoms with Crippen molar-refractivity contribution >= 4 is 5.91 Å². The van der Waals surface area contributed by atoms with Crippen LogP contribution in [0.25, 0.3) is 0 Å². The molecule has 17 heavy (non-hydrogen) atoms. The second kappa shape index (κ2) is 4.97. The second-order valence-electron chi connectivity index (χ2n) is 6.02. The molecule has 2 atom stereocenters. The standard InChI is InChI=1S/C14H26N2O/c1-3-14(7-4-5-8-14)13(17)16-9-6-12(15)11(2)10-16/h11-12H,3-10,15H2,1-2H3. The van der Waals surface area contributed by atoms with Crippen molar-refractivity contribution in [1.29, 1.82) is 0 Å². The first-order valence-corrected chi connectivity index (χ1v) is 7.14. The summed E-state index contributed by atoms with van der Waals surface area (Å²) in [6.45, 7) is 6.06. The van der Waals surface area contributed by atoms with Crippen molar-refractivity contribution in [3.63, 3.8) is 0 Å². The molecule has 2 fully saturated rings. The first kappa shape index (κ1) is 12.9. The van der Waals surface area contributed by atoms with E-state index in [0.29, 0.717) is 11.8 Å². The molecule has 0 radical (unpaired) electrons. The summed E-state index contributed by atoms with van der Waals surface area (Å²) in [6.07, 6.45) is 6.61. The van der Waals surface area contributed by atoms with Crippen LogP contribution in [0.5, 0.6) is 0 Å². The maximum absolute atomic E-state index is 12.7. The van der Waals surface area contributed by atoms with Crippen molar-refractivity contribution < 1.29 is 4.79 Å². The zero-order valence-electron chi connectivity index (χ0n) is 11.2. The van der Waals surface area contributed by atoms with Crippen molar-refractivity contribution in [1.82, 2.24) is 4.90 Å². The zero-order valence-corrected chi connectivity index (χ0v) is 11.2. The lowest BCUT2D eigenvalue weighted by atomic mass is 9.80. The molecule has 0 aromatic rings. The number of hydrogen-bond acceptors (Lipinski definition) is 2. The van der Waals surface area contributed by atoms with Crippen LogP contribution in [0.4, 0.5) is 0 Å². The van der Waals surface area contributed by atoms with Gasteiger partial charge in [-0.05, 0) is 31.6 Å². The largest absolute Gasteiger partial charge is 0.342 e. The molecular formula is C14H26N2O. The van der Waals surface area contributed by atoms with Gasteiger partial charge in [-0.2, -0.15) is 0 Å². The third-order valence-corrected chi connectivity index (χ3v) is 4.95. The van der Waals surface area contributed by atoms with Gasteiger partial charge in [-0.15, -0.1) is 0 Å². The van der Waals surface area contributed by atoms with Crippen molar-refractivity contribution in [3.05, 3.63) is 0 Å². The number of hydrogen-bond donors (Lipinski definition) is 1. The summed E-state index contributed by atoms with van der Waals surface area (Å²) in [6, 6.07) is 0.278. The van der Waals surface area contributed by atoms with Crippen LogP contribution in [0.3, 0.4) is 0 Å². The third kappa shape index (κ3) is 2.35. The summed E-state index contributed by atoms with van der Waals surface area (Å²) < 4.78 is 0. The molecule has 1 saturated carbocycles. The Morgan fingerprint density at radius 3 is 2.59 bits per heavy atom. The molecule has 2 rings (SSSR count). The Morgan fingerprint density at radius 1 is 1.41 bits per heavy atom. The highest BCUT2D eigenvalue weighted by Crippen LogP contribution is 2.43. The number of amides is 1. The van der Waals surface area contributed by atoms with E-state index < -0.39 is 0 Å². The highest BCUT2D eigenvalue weighted by atomic mass is 16.2. The quantitative estimate of drug-likeness (QED) is 0.801. The number of nitrogens with zero attached hydrogens (tertiary/aromatic N) is 1. The monoisotopic (exact) mass is 238 g/mol. The van der Waals surface area contributed by atoms with Crippen LogP contribution < -0.4 is 5.73 Å². The Labute approximate surface area is 105 Å². The van der Waals surface area contributed by atoms with Gasteiger partial charge < -0.3 is 10.6 Å². The Bertz CT molecular complexity index is 284. The molecule has 1 amide bonds. The van der Waals surface area contributed by atoms with E-state index >= 15 is 0 Å². The molecule has 1 aliphatic heterocycles. The van der Waals surface area contributed by atoms with Crippen LogP contribution in [0.2, 0.25) is 0 Å². The average molecular weight is 238 g/mol. The van der Waals surface area contributed by atoms with E-state index in [9.17, 15) is 4.79 Å². The number of carbonyl (C=O) groups is 1. The summed E-state index contributed by atoms with van der Waals surface area (Å²) in [4.78, 5) is 14.8. The molecule has 0 bridgehead atoms. The normalized spacial score (nSPS) is 32.8. The number of carbonyl (C=O) groups excluding carboxylic acids is 1. The van der Waals surface area contributed by atoms with E-state index in [-0.39, 0.29) is 11.5 Å². The topological polar surface area (TPSA) is 46.3 Å². The lowest BCUT2D eigenvalue weighted by Crippen LogP contribution is -2.52. The third-order valence-electron chi connectivity index (χ3n) is 4.95. The van der Waals surface area contributed by atoms with Gasteiger partial charge in [0, 0.05) is 24.5 Å². The van der Waals surface area contributed by atoms with Crippen LogP contribution in [0.1, 0.15) is 52.4 Å². The number of likely N-dealkylation sites (tertiary alicyclic amines) is 1. The van der Waals surface area contributed by atoms with Gasteiger partial charge in [-0.1, -0.05) is 26.7 Å². The molecule has 1 aliphatic carbocycles. The molecule has 0 spiro atoms. The van der Waals surface area contributed by atoms with Gasteiger partial charge >= 0.3 is 0 Å². The SMILES string of the molecule is CCC1(C(=O)N2CCC(N)C(C)C2)CCCC1. The lowest BCUT2D eigenvalue weighted by molar-refractivity contribution is -0.144. The van der Waals surface area contributed by atoms with Crippen LogP contribution in [0.15, 0.2) is 0 Å². The Hall–Kier alpha value is -0.570. The van der Waals surface area contributed by atoms with E-state index in [2.05, 4.69) is 18.7 Å². The van der Waals surface area contributed by atoms with E-state index in [1.807, 2.05) is 0 Å². The van der Waals surface area contributed by atoms with E-state index in [1.165, 1.54) is 12.8 Å². The molecule has 1 heterocycles. The minimum Gasteiger partial charge on any atom is -0.342 e. The van der Waals surface area contributed by atoms with Crippen LogP contribution in [-0.4, -0.2) is 29.9 Å². The molecule has 0 aromatic heterocycles. The molecule has 0 aromatic carbocycles. The summed E-state index contributed by atoms with van der Waals surface area (Å²) in [7, 11) is 0. The first-order valence-electron chi connectivity index (χ1n) is 7.14. The van der Waals surface area contributed by atoms with Gasteiger partial charge in [0.1, 0.15) is 0 Å². The van der Waals surface area contributed by atoms with Crippen LogP contribution >= 0.6 is 0 Å². The van der Waals surface area contributed by atoms with Crippen LogP contribution in [0, 0.1) is 11.3 Å². The van der Waals surface area contributed by atoms with Crippen molar-refractivity contribution in [3.8, 4) is 0 Å². The second-order valence-corrected chi connectivity index (χ2v) is 6.02. The molecule has 3 heteroatoms. The van der Waals surface area contributed by atoms with Crippen molar-refractivity contribution in [2.45, 2.75) is 58.4 Å². The van der Waals surface area contributed by atoms with E-state index in [1.54, 1.807) is 0 Å². The van der Waals surface area contributed by atoms with Gasteiger partial charge in [0.25, 0.3) is 0 Å². The van der Waals surface area contributed by atoms with E-state index in [0.717, 1.165) is 38.8 Å². The lowest BCUT2D eigenvalue weighted by Gasteiger charge is -2.40. The minimum absolute atomic E-state index is 0.0266. The van der Waals surface area contributed by atoms with Crippen molar-refractivity contribution in [2.75, 3.05) is 13.1 Å². The fourth-order valence-corrected chi connectivity index (χ4v) is 3.45. The number of nitrogens with two attached hydrogens (primary N) is 1. The minimum atomic E-state index is -0.0266. The first-order chi connectivity index (χ1) is 8.09. The molecule has 1 saturated heterocycles. The highest BCUT2D eigenvalue weighted by Gasteiger charge is 2.43. The fourth-order valence-electron chi connectivity index (χ4n) is 3.45. The maximum Gasteiger partial charge on any atom is 0.228 e.